The van der Waals surface area contributed by atoms with Crippen LogP contribution in [-0.2, 0) is 4.79 Å². The summed E-state index contributed by atoms with van der Waals surface area (Å²) >= 11 is 0. The number of piperazine rings is 1. The fourth-order valence-corrected chi connectivity index (χ4v) is 2.45. The maximum Gasteiger partial charge on any atom is 0.238 e. The van der Waals surface area contributed by atoms with Crippen LogP contribution in [0.25, 0.3) is 0 Å². The molecule has 0 radical (unpaired) electrons. The lowest BCUT2D eigenvalue weighted by atomic mass is 10.0. The lowest BCUT2D eigenvalue weighted by molar-refractivity contribution is -0.118. The first kappa shape index (κ1) is 18.0. The number of hydrogen-bond acceptors (Lipinski definition) is 3. The third-order valence-electron chi connectivity index (χ3n) is 3.85. The summed E-state index contributed by atoms with van der Waals surface area (Å²) in [7, 11) is 0. The van der Waals surface area contributed by atoms with Crippen LogP contribution in [0.5, 0.6) is 0 Å². The highest BCUT2D eigenvalue weighted by molar-refractivity contribution is 5.92. The second-order valence-electron chi connectivity index (χ2n) is 5.85. The van der Waals surface area contributed by atoms with Crippen LogP contribution in [0.4, 0.5) is 5.69 Å². The second-order valence-corrected chi connectivity index (χ2v) is 5.85. The van der Waals surface area contributed by atoms with E-state index in [1.807, 2.05) is 12.1 Å². The van der Waals surface area contributed by atoms with Gasteiger partial charge in [0.2, 0.25) is 5.91 Å². The first-order chi connectivity index (χ1) is 9.56. The van der Waals surface area contributed by atoms with E-state index >= 15 is 0 Å². The fraction of sp³-hybridized carbons (Fsp3) is 0.562. The molecule has 0 bridgehead atoms. The molecule has 5 heteroatoms. The molecular formula is C16H26ClN3O. The van der Waals surface area contributed by atoms with Gasteiger partial charge in [-0.2, -0.15) is 0 Å². The first-order valence-electron chi connectivity index (χ1n) is 7.41. The molecule has 21 heavy (non-hydrogen) atoms. The van der Waals surface area contributed by atoms with Crippen molar-refractivity contribution in [3.63, 3.8) is 0 Å². The lowest BCUT2D eigenvalue weighted by Crippen LogP contribution is -2.51. The highest BCUT2D eigenvalue weighted by atomic mass is 35.5. The molecule has 1 saturated heterocycles. The van der Waals surface area contributed by atoms with Crippen LogP contribution in [0.1, 0.15) is 32.3 Å². The first-order valence-corrected chi connectivity index (χ1v) is 7.41. The zero-order chi connectivity index (χ0) is 14.5. The van der Waals surface area contributed by atoms with Crippen molar-refractivity contribution in [3.8, 4) is 0 Å². The number of benzene rings is 1. The van der Waals surface area contributed by atoms with Gasteiger partial charge in [-0.25, -0.2) is 0 Å². The molecular weight excluding hydrogens is 286 g/mol. The molecule has 0 aliphatic carbocycles. The Kier molecular flexibility index (Phi) is 7.15. The monoisotopic (exact) mass is 311 g/mol. The van der Waals surface area contributed by atoms with E-state index < -0.39 is 0 Å². The summed E-state index contributed by atoms with van der Waals surface area (Å²) in [6.45, 7) is 9.79. The molecule has 1 heterocycles. The van der Waals surface area contributed by atoms with Crippen molar-refractivity contribution in [2.24, 2.45) is 0 Å². The molecule has 1 aromatic carbocycles. The molecule has 0 unspecified atom stereocenters. The van der Waals surface area contributed by atoms with Crippen molar-refractivity contribution in [1.29, 1.82) is 0 Å². The normalized spacial score (nSPS) is 19.1. The maximum absolute atomic E-state index is 12.1. The number of halogens is 1. The number of nitrogens with one attached hydrogen (secondary N) is 2. The van der Waals surface area contributed by atoms with E-state index in [0.717, 1.165) is 25.3 Å². The number of hydrogen-bond donors (Lipinski definition) is 2. The molecule has 0 spiro atoms. The number of anilines is 1. The Labute approximate surface area is 133 Å². The average Bonchev–Trinajstić information content (AvgIpc) is 2.42. The van der Waals surface area contributed by atoms with Crippen LogP contribution in [0, 0.1) is 0 Å². The third-order valence-corrected chi connectivity index (χ3v) is 3.85. The summed E-state index contributed by atoms with van der Waals surface area (Å²) in [5.41, 5.74) is 2.17. The number of amides is 1. The standard InChI is InChI=1S/C16H25N3O.ClH/c1-12(2)14-4-6-15(7-5-14)18-16(20)11-19-9-8-17-10-13(19)3;/h4-7,12-13,17H,8-11H2,1-3H3,(H,18,20);1H/t13-;/m0./s1. The minimum absolute atomic E-state index is 0. The van der Waals surface area contributed by atoms with Crippen LogP contribution in [0.2, 0.25) is 0 Å². The molecule has 4 nitrogen and oxygen atoms in total. The van der Waals surface area contributed by atoms with Gasteiger partial charge in [0.25, 0.3) is 0 Å². The van der Waals surface area contributed by atoms with E-state index in [0.29, 0.717) is 18.5 Å². The molecule has 2 rings (SSSR count). The molecule has 1 aromatic rings. The van der Waals surface area contributed by atoms with Crippen molar-refractivity contribution >= 4 is 24.0 Å². The van der Waals surface area contributed by atoms with Crippen molar-refractivity contribution in [2.75, 3.05) is 31.5 Å². The molecule has 1 amide bonds. The molecule has 1 aliphatic rings. The van der Waals surface area contributed by atoms with Gasteiger partial charge in [-0.1, -0.05) is 26.0 Å². The Morgan fingerprint density at radius 1 is 1.38 bits per heavy atom. The van der Waals surface area contributed by atoms with Gasteiger partial charge in [0.05, 0.1) is 6.54 Å². The summed E-state index contributed by atoms with van der Waals surface area (Å²) in [6, 6.07) is 8.53. The quantitative estimate of drug-likeness (QED) is 0.898. The minimum Gasteiger partial charge on any atom is -0.325 e. The van der Waals surface area contributed by atoms with E-state index in [-0.39, 0.29) is 18.3 Å². The SMILES string of the molecule is CC(C)c1ccc(NC(=O)CN2CCNC[C@@H]2C)cc1.Cl. The van der Waals surface area contributed by atoms with Crippen LogP contribution < -0.4 is 10.6 Å². The summed E-state index contributed by atoms with van der Waals surface area (Å²) in [5.74, 6) is 0.581. The summed E-state index contributed by atoms with van der Waals surface area (Å²) in [6.07, 6.45) is 0. The highest BCUT2D eigenvalue weighted by Gasteiger charge is 2.20. The van der Waals surface area contributed by atoms with Gasteiger partial charge >= 0.3 is 0 Å². The van der Waals surface area contributed by atoms with E-state index in [1.165, 1.54) is 5.56 Å². The van der Waals surface area contributed by atoms with E-state index in [2.05, 4.69) is 48.4 Å². The van der Waals surface area contributed by atoms with Crippen molar-refractivity contribution < 1.29 is 4.79 Å². The van der Waals surface area contributed by atoms with Gasteiger partial charge in [0.15, 0.2) is 0 Å². The zero-order valence-electron chi connectivity index (χ0n) is 13.1. The van der Waals surface area contributed by atoms with Gasteiger partial charge in [-0.3, -0.25) is 9.69 Å². The summed E-state index contributed by atoms with van der Waals surface area (Å²) < 4.78 is 0. The van der Waals surface area contributed by atoms with Crippen LogP contribution in [-0.4, -0.2) is 43.0 Å². The van der Waals surface area contributed by atoms with Crippen LogP contribution in [0.15, 0.2) is 24.3 Å². The maximum atomic E-state index is 12.1. The van der Waals surface area contributed by atoms with Gasteiger partial charge < -0.3 is 10.6 Å². The topological polar surface area (TPSA) is 44.4 Å². The number of rotatable bonds is 4. The average molecular weight is 312 g/mol. The van der Waals surface area contributed by atoms with Crippen molar-refractivity contribution in [2.45, 2.75) is 32.7 Å². The molecule has 2 N–H and O–H groups in total. The Bertz CT molecular complexity index is 447. The lowest BCUT2D eigenvalue weighted by Gasteiger charge is -2.33. The van der Waals surface area contributed by atoms with E-state index in [4.69, 9.17) is 0 Å². The van der Waals surface area contributed by atoms with Crippen LogP contribution >= 0.6 is 12.4 Å². The summed E-state index contributed by atoms with van der Waals surface area (Å²) in [4.78, 5) is 14.3. The Morgan fingerprint density at radius 2 is 2.05 bits per heavy atom. The Hall–Kier alpha value is -1.10. The minimum atomic E-state index is 0. The van der Waals surface area contributed by atoms with Gasteiger partial charge in [-0.15, -0.1) is 12.4 Å². The molecule has 0 aromatic heterocycles. The predicted octanol–water partition coefficient (Wildman–Crippen LogP) is 2.46. The van der Waals surface area contributed by atoms with Crippen LogP contribution in [0.3, 0.4) is 0 Å². The Morgan fingerprint density at radius 3 is 2.62 bits per heavy atom. The van der Waals surface area contributed by atoms with Gasteiger partial charge in [0, 0.05) is 31.4 Å². The third kappa shape index (κ3) is 5.30. The number of nitrogens with zero attached hydrogens (tertiary/aromatic N) is 1. The molecule has 0 saturated carbocycles. The smallest absolute Gasteiger partial charge is 0.238 e. The largest absolute Gasteiger partial charge is 0.325 e. The second kappa shape index (κ2) is 8.37. The van der Waals surface area contributed by atoms with Gasteiger partial charge in [-0.05, 0) is 30.5 Å². The van der Waals surface area contributed by atoms with E-state index in [1.54, 1.807) is 0 Å². The van der Waals surface area contributed by atoms with E-state index in [9.17, 15) is 4.79 Å². The zero-order valence-corrected chi connectivity index (χ0v) is 13.9. The molecule has 1 aliphatic heterocycles. The van der Waals surface area contributed by atoms with Gasteiger partial charge in [0.1, 0.15) is 0 Å². The molecule has 1 atom stereocenters. The fourth-order valence-electron chi connectivity index (χ4n) is 2.45. The Balaban J connectivity index is 0.00000220. The number of carbonyl (C=O) groups is 1. The van der Waals surface area contributed by atoms with Crippen molar-refractivity contribution in [1.82, 2.24) is 10.2 Å². The van der Waals surface area contributed by atoms with Crippen molar-refractivity contribution in [3.05, 3.63) is 29.8 Å². The molecule has 1 fully saturated rings. The summed E-state index contributed by atoms with van der Waals surface area (Å²) in [5, 5.41) is 6.31. The molecule has 118 valence electrons. The predicted molar refractivity (Wildman–Crippen MR) is 90.3 cm³/mol. The number of carbonyl (C=O) groups excluding carboxylic acids is 1. The highest BCUT2D eigenvalue weighted by Crippen LogP contribution is 2.17.